The van der Waals surface area contributed by atoms with Crippen LogP contribution < -0.4 is 0 Å². The van der Waals surface area contributed by atoms with Gasteiger partial charge in [0.2, 0.25) is 0 Å². The molecule has 0 spiro atoms. The highest BCUT2D eigenvalue weighted by molar-refractivity contribution is 5.92. The molecule has 0 radical (unpaired) electrons. The Morgan fingerprint density at radius 3 is 2.75 bits per heavy atom. The summed E-state index contributed by atoms with van der Waals surface area (Å²) in [7, 11) is 0. The van der Waals surface area contributed by atoms with Crippen molar-refractivity contribution in [3.8, 4) is 0 Å². The normalized spacial score (nSPS) is 51.6. The van der Waals surface area contributed by atoms with Crippen molar-refractivity contribution >= 4 is 5.78 Å². The fourth-order valence-corrected chi connectivity index (χ4v) is 1.07. The third-order valence-corrected chi connectivity index (χ3v) is 1.61. The maximum atomic E-state index is 12.2. The highest BCUT2D eigenvalue weighted by Crippen LogP contribution is 2.36. The summed E-state index contributed by atoms with van der Waals surface area (Å²) in [6.07, 6.45) is -1.34. The summed E-state index contributed by atoms with van der Waals surface area (Å²) in [5, 5.41) is 0. The molecule has 1 aliphatic carbocycles. The molecule has 2 aliphatic rings. The van der Waals surface area contributed by atoms with Gasteiger partial charge in [0.15, 0.2) is 12.0 Å². The minimum absolute atomic E-state index is 0.0579. The van der Waals surface area contributed by atoms with Crippen LogP contribution in [0.5, 0.6) is 0 Å². The molecular weight excluding hydrogens is 111 g/mol. The van der Waals surface area contributed by atoms with E-state index in [0.717, 1.165) is 0 Å². The summed E-state index contributed by atoms with van der Waals surface area (Å²) in [6.45, 7) is 0. The van der Waals surface area contributed by atoms with Gasteiger partial charge in [-0.1, -0.05) is 0 Å². The molecule has 8 heavy (non-hydrogen) atoms. The van der Waals surface area contributed by atoms with Gasteiger partial charge in [0.1, 0.15) is 6.10 Å². The molecule has 3 atom stereocenters. The van der Waals surface area contributed by atoms with E-state index in [0.29, 0.717) is 6.42 Å². The van der Waals surface area contributed by atoms with Gasteiger partial charge in [-0.2, -0.15) is 0 Å². The Labute approximate surface area is 45.6 Å². The van der Waals surface area contributed by atoms with Gasteiger partial charge in [0.05, 0.1) is 6.10 Å². The van der Waals surface area contributed by atoms with Gasteiger partial charge >= 0.3 is 0 Å². The molecule has 1 aliphatic heterocycles. The van der Waals surface area contributed by atoms with Crippen molar-refractivity contribution in [3.05, 3.63) is 0 Å². The number of halogens is 1. The lowest BCUT2D eigenvalue weighted by atomic mass is 10.3. The number of hydrogen-bond acceptors (Lipinski definition) is 2. The summed E-state index contributed by atoms with van der Waals surface area (Å²) in [5.41, 5.74) is 0. The Bertz CT molecular complexity index is 141. The smallest absolute Gasteiger partial charge is 0.198 e. The largest absolute Gasteiger partial charge is 0.361 e. The van der Waals surface area contributed by atoms with Crippen LogP contribution in [0, 0.1) is 0 Å². The van der Waals surface area contributed by atoms with Crippen LogP contribution in [0.3, 0.4) is 0 Å². The maximum Gasteiger partial charge on any atom is 0.198 e. The van der Waals surface area contributed by atoms with Crippen LogP contribution in [0.2, 0.25) is 0 Å². The van der Waals surface area contributed by atoms with E-state index < -0.39 is 6.17 Å². The minimum Gasteiger partial charge on any atom is -0.361 e. The van der Waals surface area contributed by atoms with E-state index in [9.17, 15) is 9.18 Å². The zero-order valence-electron chi connectivity index (χ0n) is 4.13. The second-order valence-corrected chi connectivity index (χ2v) is 2.20. The molecule has 0 aromatic rings. The molecule has 2 fully saturated rings. The highest BCUT2D eigenvalue weighted by atomic mass is 19.1. The van der Waals surface area contributed by atoms with Crippen molar-refractivity contribution in [2.24, 2.45) is 0 Å². The molecule has 1 heterocycles. The van der Waals surface area contributed by atoms with Crippen molar-refractivity contribution in [2.75, 3.05) is 0 Å². The van der Waals surface area contributed by atoms with Crippen LogP contribution in [-0.2, 0) is 9.53 Å². The molecule has 1 unspecified atom stereocenters. The Morgan fingerprint density at radius 1 is 1.75 bits per heavy atom. The number of carbonyl (C=O) groups excluding carboxylic acids is 1. The first-order chi connectivity index (χ1) is 3.79. The molecule has 44 valence electrons. The van der Waals surface area contributed by atoms with E-state index in [1.54, 1.807) is 0 Å². The Kier molecular flexibility index (Phi) is 0.612. The molecule has 0 N–H and O–H groups in total. The topological polar surface area (TPSA) is 29.6 Å². The number of ketones is 1. The van der Waals surface area contributed by atoms with Crippen LogP contribution in [0.25, 0.3) is 0 Å². The molecular formula is C5H5FO2. The summed E-state index contributed by atoms with van der Waals surface area (Å²) in [5.74, 6) is -0.352. The van der Waals surface area contributed by atoms with E-state index in [4.69, 9.17) is 4.74 Å². The first kappa shape index (κ1) is 4.44. The number of carbonyl (C=O) groups is 1. The molecule has 0 amide bonds. The lowest BCUT2D eigenvalue weighted by Gasteiger charge is -1.93. The number of alkyl halides is 1. The second-order valence-electron chi connectivity index (χ2n) is 2.20. The molecule has 1 saturated heterocycles. The van der Waals surface area contributed by atoms with Crippen LogP contribution in [0.1, 0.15) is 6.42 Å². The van der Waals surface area contributed by atoms with Crippen LogP contribution in [-0.4, -0.2) is 24.2 Å². The molecule has 3 heteroatoms. The Hall–Kier alpha value is -0.440. The molecule has 2 rings (SSSR count). The first-order valence-electron chi connectivity index (χ1n) is 2.62. The third kappa shape index (κ3) is 0.375. The predicted octanol–water partition coefficient (Wildman–Crippen LogP) is 0.0647. The number of rotatable bonds is 0. The van der Waals surface area contributed by atoms with Gasteiger partial charge in [0.25, 0.3) is 0 Å². The lowest BCUT2D eigenvalue weighted by Crippen LogP contribution is -2.13. The number of ether oxygens (including phenoxy) is 1. The number of fused-ring (bicyclic) bond motifs is 1. The maximum absolute atomic E-state index is 12.2. The van der Waals surface area contributed by atoms with Gasteiger partial charge in [-0.05, 0) is 0 Å². The summed E-state index contributed by atoms with van der Waals surface area (Å²) >= 11 is 0. The summed E-state index contributed by atoms with van der Waals surface area (Å²) in [4.78, 5) is 10.4. The number of hydrogen-bond donors (Lipinski definition) is 0. The van der Waals surface area contributed by atoms with Crippen molar-refractivity contribution in [2.45, 2.75) is 24.8 Å². The zero-order valence-corrected chi connectivity index (χ0v) is 4.13. The fraction of sp³-hybridized carbons (Fsp3) is 0.800. The molecule has 0 aromatic carbocycles. The Morgan fingerprint density at radius 2 is 2.50 bits per heavy atom. The molecule has 0 bridgehead atoms. The molecule has 0 aromatic heterocycles. The van der Waals surface area contributed by atoms with Gasteiger partial charge in [-0.25, -0.2) is 4.39 Å². The number of epoxide rings is 1. The number of Topliss-reactive ketones (excluding diaryl/α,β-unsaturated/α-hetero) is 1. The molecule has 2 nitrogen and oxygen atoms in total. The van der Waals surface area contributed by atoms with Gasteiger partial charge < -0.3 is 4.74 Å². The average molecular weight is 116 g/mol. The fourth-order valence-electron chi connectivity index (χ4n) is 1.07. The van der Waals surface area contributed by atoms with Crippen LogP contribution >= 0.6 is 0 Å². The summed E-state index contributed by atoms with van der Waals surface area (Å²) in [6, 6.07) is 0. The zero-order chi connectivity index (χ0) is 5.72. The van der Waals surface area contributed by atoms with Gasteiger partial charge in [-0.3, -0.25) is 4.79 Å². The van der Waals surface area contributed by atoms with Gasteiger partial charge in [-0.15, -0.1) is 0 Å². The van der Waals surface area contributed by atoms with E-state index in [1.807, 2.05) is 0 Å². The van der Waals surface area contributed by atoms with Gasteiger partial charge in [0, 0.05) is 6.42 Å². The van der Waals surface area contributed by atoms with Crippen molar-refractivity contribution < 1.29 is 13.9 Å². The Balaban J connectivity index is 2.19. The van der Waals surface area contributed by atoms with E-state index >= 15 is 0 Å². The van der Waals surface area contributed by atoms with Crippen LogP contribution in [0.4, 0.5) is 4.39 Å². The quantitative estimate of drug-likeness (QED) is 0.419. The average Bonchev–Trinajstić information content (AvgIpc) is 2.39. The van der Waals surface area contributed by atoms with Crippen molar-refractivity contribution in [1.82, 2.24) is 0 Å². The van der Waals surface area contributed by atoms with Crippen molar-refractivity contribution in [1.29, 1.82) is 0 Å². The van der Waals surface area contributed by atoms with Crippen molar-refractivity contribution in [3.63, 3.8) is 0 Å². The highest BCUT2D eigenvalue weighted by Gasteiger charge is 2.55. The first-order valence-corrected chi connectivity index (χ1v) is 2.62. The SMILES string of the molecule is O=C1[C@H](F)CC2O[C@H]12. The van der Waals surface area contributed by atoms with E-state index in [1.165, 1.54) is 0 Å². The monoisotopic (exact) mass is 116 g/mol. The third-order valence-electron chi connectivity index (χ3n) is 1.61. The van der Waals surface area contributed by atoms with E-state index in [-0.39, 0.29) is 18.0 Å². The predicted molar refractivity (Wildman–Crippen MR) is 23.2 cm³/mol. The molecule has 1 saturated carbocycles. The minimum atomic E-state index is -1.22. The summed E-state index contributed by atoms with van der Waals surface area (Å²) < 4.78 is 16.9. The van der Waals surface area contributed by atoms with Crippen LogP contribution in [0.15, 0.2) is 0 Å². The lowest BCUT2D eigenvalue weighted by molar-refractivity contribution is -0.124. The standard InChI is InChI=1S/C5H5FO2/c6-2-1-3-5(8-3)4(2)7/h2-3,5H,1H2/t2-,3?,5+/m1/s1. The van der Waals surface area contributed by atoms with E-state index in [2.05, 4.69) is 0 Å². The second kappa shape index (κ2) is 1.10.